The molecule has 0 saturated heterocycles. The minimum Gasteiger partial charge on any atom is -0.0620 e. The monoisotopic (exact) mass is 260 g/mol. The summed E-state index contributed by atoms with van der Waals surface area (Å²) in [6.45, 7) is 0. The van der Waals surface area contributed by atoms with Gasteiger partial charge in [0, 0.05) is 5.92 Å². The van der Waals surface area contributed by atoms with Gasteiger partial charge < -0.3 is 0 Å². The van der Waals surface area contributed by atoms with Gasteiger partial charge in [0.2, 0.25) is 0 Å². The second kappa shape index (κ2) is 3.97. The van der Waals surface area contributed by atoms with E-state index in [1.165, 1.54) is 32.1 Å². The Bertz CT molecular complexity index is 682. The molecule has 0 fully saturated rings. The zero-order valence-corrected chi connectivity index (χ0v) is 11.8. The van der Waals surface area contributed by atoms with Gasteiger partial charge in [-0.25, -0.2) is 0 Å². The first-order valence-electron chi connectivity index (χ1n) is 8.13. The number of hydrogen-bond acceptors (Lipinski definition) is 0. The molecule has 3 aliphatic carbocycles. The highest BCUT2D eigenvalue weighted by Crippen LogP contribution is 2.58. The van der Waals surface area contributed by atoms with Crippen LogP contribution in [0.4, 0.5) is 0 Å². The van der Waals surface area contributed by atoms with Crippen molar-refractivity contribution < 1.29 is 0 Å². The molecule has 0 amide bonds. The van der Waals surface area contributed by atoms with Crippen LogP contribution in [-0.4, -0.2) is 0 Å². The predicted molar refractivity (Wildman–Crippen MR) is 82.2 cm³/mol. The molecule has 3 atom stereocenters. The van der Waals surface area contributed by atoms with Crippen molar-refractivity contribution in [1.82, 2.24) is 0 Å². The van der Waals surface area contributed by atoms with Gasteiger partial charge in [0.15, 0.2) is 0 Å². The van der Waals surface area contributed by atoms with Crippen LogP contribution in [0.15, 0.2) is 42.5 Å². The summed E-state index contributed by atoms with van der Waals surface area (Å²) < 4.78 is 0. The standard InChI is InChI=1S/C20H20/c1-2-8-15-13(5-1)11-12-17-16-9-3-6-14-7-4-10-18(19(14)16)20(15)17/h1-2,4-5,7-8,10,16-17,20H,3,6,9,11-12H2/t16-,17-,20+/m1/s1. The third-order valence-corrected chi connectivity index (χ3v) is 5.98. The summed E-state index contributed by atoms with van der Waals surface area (Å²) in [5.74, 6) is 2.42. The van der Waals surface area contributed by atoms with Crippen LogP contribution in [0.2, 0.25) is 0 Å². The Hall–Kier alpha value is -1.56. The number of hydrogen-bond donors (Lipinski definition) is 0. The van der Waals surface area contributed by atoms with Crippen molar-refractivity contribution in [3.63, 3.8) is 0 Å². The summed E-state index contributed by atoms with van der Waals surface area (Å²) in [5.41, 5.74) is 8.32. The molecule has 0 bridgehead atoms. The first-order valence-corrected chi connectivity index (χ1v) is 8.13. The lowest BCUT2D eigenvalue weighted by Gasteiger charge is -2.33. The average molecular weight is 260 g/mol. The molecule has 20 heavy (non-hydrogen) atoms. The van der Waals surface area contributed by atoms with Gasteiger partial charge >= 0.3 is 0 Å². The van der Waals surface area contributed by atoms with Crippen LogP contribution in [0, 0.1) is 5.92 Å². The molecule has 0 unspecified atom stereocenters. The summed E-state index contributed by atoms with van der Waals surface area (Å²) in [6.07, 6.45) is 6.80. The number of aryl methyl sites for hydroxylation is 2. The molecule has 3 aliphatic rings. The van der Waals surface area contributed by atoms with Gasteiger partial charge in [-0.15, -0.1) is 0 Å². The molecule has 100 valence electrons. The maximum absolute atomic E-state index is 2.42. The highest BCUT2D eigenvalue weighted by atomic mass is 14.5. The van der Waals surface area contributed by atoms with Gasteiger partial charge in [-0.3, -0.25) is 0 Å². The Morgan fingerprint density at radius 1 is 0.750 bits per heavy atom. The third-order valence-electron chi connectivity index (χ3n) is 5.98. The lowest BCUT2D eigenvalue weighted by Crippen LogP contribution is -2.21. The van der Waals surface area contributed by atoms with E-state index in [0.717, 1.165) is 11.8 Å². The fourth-order valence-electron chi connectivity index (χ4n) is 5.28. The first kappa shape index (κ1) is 11.1. The van der Waals surface area contributed by atoms with Crippen LogP contribution in [0.3, 0.4) is 0 Å². The van der Waals surface area contributed by atoms with E-state index in [1.807, 2.05) is 0 Å². The smallest absolute Gasteiger partial charge is 0.0129 e. The Kier molecular flexibility index (Phi) is 2.21. The number of benzene rings is 2. The van der Waals surface area contributed by atoms with E-state index in [4.69, 9.17) is 0 Å². The molecule has 0 N–H and O–H groups in total. The van der Waals surface area contributed by atoms with Gasteiger partial charge in [0.05, 0.1) is 0 Å². The van der Waals surface area contributed by atoms with Crippen molar-refractivity contribution in [3.05, 3.63) is 70.3 Å². The lowest BCUT2D eigenvalue weighted by atomic mass is 9.71. The largest absolute Gasteiger partial charge is 0.0620 e. The molecular weight excluding hydrogens is 240 g/mol. The molecule has 0 aliphatic heterocycles. The van der Waals surface area contributed by atoms with Crippen molar-refractivity contribution in [2.24, 2.45) is 5.92 Å². The maximum atomic E-state index is 2.42. The molecule has 0 saturated carbocycles. The summed E-state index contributed by atoms with van der Waals surface area (Å²) in [6, 6.07) is 16.3. The Morgan fingerprint density at radius 3 is 2.60 bits per heavy atom. The molecule has 0 heteroatoms. The van der Waals surface area contributed by atoms with Gasteiger partial charge in [-0.1, -0.05) is 42.5 Å². The van der Waals surface area contributed by atoms with Crippen molar-refractivity contribution in [3.8, 4) is 0 Å². The van der Waals surface area contributed by atoms with Crippen LogP contribution in [0.1, 0.15) is 58.9 Å². The van der Waals surface area contributed by atoms with Crippen LogP contribution >= 0.6 is 0 Å². The van der Waals surface area contributed by atoms with Gasteiger partial charge in [-0.05, 0) is 71.8 Å². The van der Waals surface area contributed by atoms with E-state index in [-0.39, 0.29) is 0 Å². The van der Waals surface area contributed by atoms with Gasteiger partial charge in [-0.2, -0.15) is 0 Å². The molecule has 0 radical (unpaired) electrons. The van der Waals surface area contributed by atoms with E-state index in [0.29, 0.717) is 5.92 Å². The van der Waals surface area contributed by atoms with E-state index in [1.54, 1.807) is 27.8 Å². The van der Waals surface area contributed by atoms with Crippen LogP contribution < -0.4 is 0 Å². The molecular formula is C20H20. The zero-order chi connectivity index (χ0) is 13.1. The van der Waals surface area contributed by atoms with E-state index >= 15 is 0 Å². The molecule has 0 heterocycles. The highest BCUT2D eigenvalue weighted by molar-refractivity contribution is 5.53. The van der Waals surface area contributed by atoms with Crippen molar-refractivity contribution in [2.75, 3.05) is 0 Å². The van der Waals surface area contributed by atoms with Crippen molar-refractivity contribution in [2.45, 2.75) is 43.9 Å². The number of rotatable bonds is 0. The SMILES string of the molecule is c1ccc2c(c1)CC[C@H]1[C@H]2c2cccc3c2[C@@H]1CCC3. The molecule has 0 nitrogen and oxygen atoms in total. The molecule has 5 rings (SSSR count). The van der Waals surface area contributed by atoms with Gasteiger partial charge in [0.25, 0.3) is 0 Å². The number of fused-ring (bicyclic) bond motifs is 5. The molecule has 0 spiro atoms. The Labute approximate surface area is 120 Å². The fourth-order valence-corrected chi connectivity index (χ4v) is 5.28. The van der Waals surface area contributed by atoms with Crippen LogP contribution in [0.25, 0.3) is 0 Å². The summed E-state index contributed by atoms with van der Waals surface area (Å²) in [4.78, 5) is 0. The second-order valence-electron chi connectivity index (χ2n) is 6.80. The van der Waals surface area contributed by atoms with E-state index in [9.17, 15) is 0 Å². The highest BCUT2D eigenvalue weighted by Gasteiger charge is 2.45. The third kappa shape index (κ3) is 1.32. The first-order chi connectivity index (χ1) is 9.93. The second-order valence-corrected chi connectivity index (χ2v) is 6.80. The summed E-state index contributed by atoms with van der Waals surface area (Å²) in [7, 11) is 0. The summed E-state index contributed by atoms with van der Waals surface area (Å²) >= 11 is 0. The van der Waals surface area contributed by atoms with Crippen LogP contribution in [0.5, 0.6) is 0 Å². The lowest BCUT2D eigenvalue weighted by molar-refractivity contribution is 0.346. The normalized spacial score (nSPS) is 29.5. The average Bonchev–Trinajstić information content (AvgIpc) is 2.85. The minimum atomic E-state index is 0.693. The molecule has 2 aromatic carbocycles. The van der Waals surface area contributed by atoms with E-state index < -0.39 is 0 Å². The fraction of sp³-hybridized carbons (Fsp3) is 0.400. The topological polar surface area (TPSA) is 0 Å². The van der Waals surface area contributed by atoms with Crippen LogP contribution in [-0.2, 0) is 12.8 Å². The molecule has 0 aromatic heterocycles. The summed E-state index contributed by atoms with van der Waals surface area (Å²) in [5, 5.41) is 0. The predicted octanol–water partition coefficient (Wildman–Crippen LogP) is 4.81. The van der Waals surface area contributed by atoms with Gasteiger partial charge in [0.1, 0.15) is 0 Å². The van der Waals surface area contributed by atoms with E-state index in [2.05, 4.69) is 42.5 Å². The van der Waals surface area contributed by atoms with Crippen molar-refractivity contribution >= 4 is 0 Å². The van der Waals surface area contributed by atoms with Crippen molar-refractivity contribution in [1.29, 1.82) is 0 Å². The Balaban J connectivity index is 1.77. The zero-order valence-electron chi connectivity index (χ0n) is 11.8. The minimum absolute atomic E-state index is 0.693. The molecule has 2 aromatic rings. The quantitative estimate of drug-likeness (QED) is 0.637. The Morgan fingerprint density at radius 2 is 1.60 bits per heavy atom. The maximum Gasteiger partial charge on any atom is 0.0129 e.